The van der Waals surface area contributed by atoms with E-state index in [2.05, 4.69) is 27.1 Å². The minimum absolute atomic E-state index is 0.172. The second-order valence-electron chi connectivity index (χ2n) is 4.44. The first-order chi connectivity index (χ1) is 9.69. The predicted molar refractivity (Wildman–Crippen MR) is 82.5 cm³/mol. The van der Waals surface area contributed by atoms with E-state index in [9.17, 15) is 4.39 Å². The van der Waals surface area contributed by atoms with Crippen LogP contribution in [0.1, 0.15) is 16.0 Å². The molecule has 0 unspecified atom stereocenters. The van der Waals surface area contributed by atoms with Gasteiger partial charge in [-0.05, 0) is 35.6 Å². The molecule has 106 valence electrons. The molecule has 0 fully saturated rings. The zero-order chi connectivity index (χ0) is 14.4. The lowest BCUT2D eigenvalue weighted by molar-refractivity contribution is 0.617. The van der Waals surface area contributed by atoms with Crippen LogP contribution in [-0.4, -0.2) is 13.0 Å². The summed E-state index contributed by atoms with van der Waals surface area (Å²) in [6, 6.07) is 9.22. The number of rotatable bonds is 4. The van der Waals surface area contributed by atoms with Crippen molar-refractivity contribution in [3.63, 3.8) is 0 Å². The van der Waals surface area contributed by atoms with Gasteiger partial charge in [-0.3, -0.25) is 4.99 Å². The number of aryl methyl sites for hydroxylation is 1. The van der Waals surface area contributed by atoms with E-state index in [0.29, 0.717) is 12.1 Å². The smallest absolute Gasteiger partial charge is 0.191 e. The number of halogens is 1. The molecule has 20 heavy (non-hydrogen) atoms. The molecular weight excluding hydrogens is 273 g/mol. The summed E-state index contributed by atoms with van der Waals surface area (Å²) < 4.78 is 13.2. The minimum atomic E-state index is -0.172. The summed E-state index contributed by atoms with van der Waals surface area (Å²) in [7, 11) is 1.74. The average Bonchev–Trinajstić information content (AvgIpc) is 2.96. The Balaban J connectivity index is 1.85. The summed E-state index contributed by atoms with van der Waals surface area (Å²) in [5, 5.41) is 8.51. The summed E-state index contributed by atoms with van der Waals surface area (Å²) in [5.74, 6) is 0.564. The topological polar surface area (TPSA) is 36.4 Å². The van der Waals surface area contributed by atoms with Crippen LogP contribution >= 0.6 is 11.3 Å². The Bertz CT molecular complexity index is 579. The summed E-state index contributed by atoms with van der Waals surface area (Å²) in [5.41, 5.74) is 1.69. The highest BCUT2D eigenvalue weighted by molar-refractivity contribution is 7.09. The van der Waals surface area contributed by atoms with E-state index in [-0.39, 0.29) is 5.82 Å². The van der Waals surface area contributed by atoms with E-state index >= 15 is 0 Å². The molecule has 1 aromatic heterocycles. The zero-order valence-electron chi connectivity index (χ0n) is 11.6. The van der Waals surface area contributed by atoms with Gasteiger partial charge < -0.3 is 10.6 Å². The first-order valence-corrected chi connectivity index (χ1v) is 7.29. The van der Waals surface area contributed by atoms with Gasteiger partial charge in [-0.1, -0.05) is 18.2 Å². The first kappa shape index (κ1) is 14.5. The lowest BCUT2D eigenvalue weighted by Crippen LogP contribution is -2.36. The molecular formula is C15H18FN3S. The number of nitrogens with zero attached hydrogens (tertiary/aromatic N) is 1. The lowest BCUT2D eigenvalue weighted by atomic mass is 10.1. The van der Waals surface area contributed by atoms with Gasteiger partial charge in [0.1, 0.15) is 5.82 Å². The van der Waals surface area contributed by atoms with Crippen LogP contribution in [0, 0.1) is 12.7 Å². The number of benzene rings is 1. The van der Waals surface area contributed by atoms with Crippen LogP contribution in [0.4, 0.5) is 4.39 Å². The van der Waals surface area contributed by atoms with Crippen molar-refractivity contribution in [1.82, 2.24) is 10.6 Å². The fraction of sp³-hybridized carbons (Fsp3) is 0.267. The highest BCUT2D eigenvalue weighted by Gasteiger charge is 2.02. The molecule has 0 radical (unpaired) electrons. The van der Waals surface area contributed by atoms with Crippen molar-refractivity contribution in [2.45, 2.75) is 20.0 Å². The normalized spacial score (nSPS) is 11.4. The summed E-state index contributed by atoms with van der Waals surface area (Å²) in [6.45, 7) is 3.13. The largest absolute Gasteiger partial charge is 0.352 e. The Morgan fingerprint density at radius 2 is 2.05 bits per heavy atom. The number of hydrogen-bond donors (Lipinski definition) is 2. The molecule has 0 atom stereocenters. The second kappa shape index (κ2) is 7.05. The molecule has 2 N–H and O–H groups in total. The number of nitrogens with one attached hydrogen (secondary N) is 2. The molecule has 3 nitrogen and oxygen atoms in total. The van der Waals surface area contributed by atoms with Crippen LogP contribution in [0.3, 0.4) is 0 Å². The molecule has 0 aliphatic carbocycles. The van der Waals surface area contributed by atoms with E-state index in [0.717, 1.165) is 18.1 Å². The van der Waals surface area contributed by atoms with Gasteiger partial charge in [-0.25, -0.2) is 4.39 Å². The maximum absolute atomic E-state index is 13.2. The van der Waals surface area contributed by atoms with E-state index in [1.54, 1.807) is 31.4 Å². The van der Waals surface area contributed by atoms with Gasteiger partial charge in [-0.2, -0.15) is 0 Å². The van der Waals surface area contributed by atoms with Crippen molar-refractivity contribution in [3.8, 4) is 0 Å². The molecule has 0 aliphatic rings. The van der Waals surface area contributed by atoms with Crippen molar-refractivity contribution >= 4 is 17.3 Å². The van der Waals surface area contributed by atoms with Crippen LogP contribution in [0.5, 0.6) is 0 Å². The molecule has 5 heteroatoms. The zero-order valence-corrected chi connectivity index (χ0v) is 12.4. The third-order valence-electron chi connectivity index (χ3n) is 2.92. The van der Waals surface area contributed by atoms with Crippen molar-refractivity contribution in [1.29, 1.82) is 0 Å². The van der Waals surface area contributed by atoms with E-state index < -0.39 is 0 Å². The van der Waals surface area contributed by atoms with E-state index in [1.165, 1.54) is 10.9 Å². The van der Waals surface area contributed by atoms with Crippen molar-refractivity contribution in [2.24, 2.45) is 4.99 Å². The van der Waals surface area contributed by atoms with Crippen LogP contribution in [0.2, 0.25) is 0 Å². The first-order valence-electron chi connectivity index (χ1n) is 6.41. The Morgan fingerprint density at radius 1 is 1.25 bits per heavy atom. The van der Waals surface area contributed by atoms with E-state index in [1.807, 2.05) is 12.1 Å². The molecule has 2 aromatic rings. The average molecular weight is 291 g/mol. The second-order valence-corrected chi connectivity index (χ2v) is 5.47. The van der Waals surface area contributed by atoms with Gasteiger partial charge >= 0.3 is 0 Å². The SMILES string of the molecule is CN=C(NCc1ccc(F)c(C)c1)NCc1cccs1. The lowest BCUT2D eigenvalue weighted by Gasteiger charge is -2.11. The van der Waals surface area contributed by atoms with Crippen molar-refractivity contribution in [2.75, 3.05) is 7.05 Å². The molecule has 0 amide bonds. The van der Waals surface area contributed by atoms with Gasteiger partial charge in [0.05, 0.1) is 6.54 Å². The van der Waals surface area contributed by atoms with Crippen LogP contribution in [-0.2, 0) is 13.1 Å². The molecule has 0 spiro atoms. The number of aliphatic imine (C=N–C) groups is 1. The number of thiophene rings is 1. The van der Waals surface area contributed by atoms with Crippen molar-refractivity contribution < 1.29 is 4.39 Å². The monoisotopic (exact) mass is 291 g/mol. The van der Waals surface area contributed by atoms with Crippen LogP contribution in [0.25, 0.3) is 0 Å². The standard InChI is InChI=1S/C15H18FN3S/c1-11-8-12(5-6-14(11)16)9-18-15(17-2)19-10-13-4-3-7-20-13/h3-8H,9-10H2,1-2H3,(H2,17,18,19). The third-order valence-corrected chi connectivity index (χ3v) is 3.79. The quantitative estimate of drug-likeness (QED) is 0.671. The fourth-order valence-corrected chi connectivity index (χ4v) is 2.45. The van der Waals surface area contributed by atoms with Crippen LogP contribution in [0.15, 0.2) is 40.7 Å². The number of guanidine groups is 1. The molecule has 1 heterocycles. The maximum Gasteiger partial charge on any atom is 0.191 e. The van der Waals surface area contributed by atoms with E-state index in [4.69, 9.17) is 0 Å². The highest BCUT2D eigenvalue weighted by Crippen LogP contribution is 2.09. The predicted octanol–water partition coefficient (Wildman–Crippen LogP) is 3.06. The molecule has 1 aromatic carbocycles. The van der Waals surface area contributed by atoms with Gasteiger partial charge in [0.15, 0.2) is 5.96 Å². The fourth-order valence-electron chi connectivity index (χ4n) is 1.81. The van der Waals surface area contributed by atoms with Gasteiger partial charge in [0.25, 0.3) is 0 Å². The van der Waals surface area contributed by atoms with Gasteiger partial charge in [-0.15, -0.1) is 11.3 Å². The summed E-state index contributed by atoms with van der Waals surface area (Å²) in [4.78, 5) is 5.42. The summed E-state index contributed by atoms with van der Waals surface area (Å²) >= 11 is 1.71. The Hall–Kier alpha value is -1.88. The molecule has 0 bridgehead atoms. The van der Waals surface area contributed by atoms with Crippen molar-refractivity contribution in [3.05, 3.63) is 57.5 Å². The molecule has 2 rings (SSSR count). The Kier molecular flexibility index (Phi) is 5.12. The molecule has 0 saturated heterocycles. The Morgan fingerprint density at radius 3 is 2.70 bits per heavy atom. The molecule has 0 saturated carbocycles. The Labute approximate surface area is 122 Å². The van der Waals surface area contributed by atoms with Gasteiger partial charge in [0.2, 0.25) is 0 Å². The number of hydrogen-bond acceptors (Lipinski definition) is 2. The highest BCUT2D eigenvalue weighted by atomic mass is 32.1. The van der Waals surface area contributed by atoms with Gasteiger partial charge in [0, 0.05) is 18.5 Å². The summed E-state index contributed by atoms with van der Waals surface area (Å²) in [6.07, 6.45) is 0. The third kappa shape index (κ3) is 4.06. The minimum Gasteiger partial charge on any atom is -0.352 e. The maximum atomic E-state index is 13.2. The molecule has 0 aliphatic heterocycles. The van der Waals surface area contributed by atoms with Crippen LogP contribution < -0.4 is 10.6 Å².